The molecule has 1 aromatic heterocycles. The molecule has 86 valence electrons. The van der Waals surface area contributed by atoms with Crippen LogP contribution >= 0.6 is 0 Å². The first-order valence-electron chi connectivity index (χ1n) is 4.92. The minimum absolute atomic E-state index is 0.0692. The molecular weight excluding hydrogens is 220 g/mol. The van der Waals surface area contributed by atoms with Gasteiger partial charge in [0.25, 0.3) is 5.69 Å². The number of anilines is 1. The normalized spacial score (nSPS) is 10.2. The molecule has 2 aromatic rings. The first-order chi connectivity index (χ1) is 8.08. The van der Waals surface area contributed by atoms with Crippen LogP contribution < -0.4 is 5.73 Å². The average molecular weight is 230 g/mol. The Morgan fingerprint density at radius 3 is 2.76 bits per heavy atom. The van der Waals surface area contributed by atoms with Gasteiger partial charge in [0.15, 0.2) is 0 Å². The lowest BCUT2D eigenvalue weighted by Gasteiger charge is -2.03. The molecule has 1 heterocycles. The summed E-state index contributed by atoms with van der Waals surface area (Å²) in [7, 11) is 0. The van der Waals surface area contributed by atoms with E-state index in [0.717, 1.165) is 0 Å². The smallest absolute Gasteiger partial charge is 0.272 e. The molecule has 0 saturated heterocycles. The fourth-order valence-corrected chi connectivity index (χ4v) is 1.50. The highest BCUT2D eigenvalue weighted by atomic mass is 16.6. The lowest BCUT2D eigenvalue weighted by Crippen LogP contribution is -1.96. The van der Waals surface area contributed by atoms with Crippen molar-refractivity contribution in [2.75, 3.05) is 5.73 Å². The number of nitrogens with zero attached hydrogens (tertiary/aromatic N) is 3. The predicted molar refractivity (Wildman–Crippen MR) is 63.3 cm³/mol. The van der Waals surface area contributed by atoms with Crippen LogP contribution in [0.2, 0.25) is 0 Å². The van der Waals surface area contributed by atoms with Gasteiger partial charge in [-0.05, 0) is 13.0 Å². The third-order valence-electron chi connectivity index (χ3n) is 2.38. The topological polar surface area (TPSA) is 94.9 Å². The first kappa shape index (κ1) is 11.0. The molecule has 0 bridgehead atoms. The Morgan fingerprint density at radius 2 is 2.12 bits per heavy atom. The minimum atomic E-state index is -0.413. The summed E-state index contributed by atoms with van der Waals surface area (Å²) in [5, 5.41) is 10.8. The largest absolute Gasteiger partial charge is 0.368 e. The molecule has 0 aliphatic heterocycles. The summed E-state index contributed by atoms with van der Waals surface area (Å²) < 4.78 is 0. The molecule has 6 heteroatoms. The molecule has 2 N–H and O–H groups in total. The third-order valence-corrected chi connectivity index (χ3v) is 2.38. The number of hydrogen-bond donors (Lipinski definition) is 1. The third kappa shape index (κ3) is 2.20. The molecule has 17 heavy (non-hydrogen) atoms. The molecule has 2 rings (SSSR count). The summed E-state index contributed by atoms with van der Waals surface area (Å²) in [6, 6.07) is 6.59. The van der Waals surface area contributed by atoms with Gasteiger partial charge in [0.1, 0.15) is 0 Å². The van der Waals surface area contributed by atoms with Crippen molar-refractivity contribution in [2.24, 2.45) is 0 Å². The van der Waals surface area contributed by atoms with Crippen LogP contribution in [-0.4, -0.2) is 14.9 Å². The Kier molecular flexibility index (Phi) is 2.70. The van der Waals surface area contributed by atoms with Crippen LogP contribution in [0.1, 0.15) is 5.56 Å². The second-order valence-electron chi connectivity index (χ2n) is 3.56. The summed E-state index contributed by atoms with van der Waals surface area (Å²) in [6.07, 6.45) is 1.52. The van der Waals surface area contributed by atoms with E-state index in [1.165, 1.54) is 12.3 Å². The van der Waals surface area contributed by atoms with E-state index in [4.69, 9.17) is 5.73 Å². The van der Waals surface area contributed by atoms with E-state index in [-0.39, 0.29) is 11.6 Å². The van der Waals surface area contributed by atoms with E-state index in [0.29, 0.717) is 16.8 Å². The predicted octanol–water partition coefficient (Wildman–Crippen LogP) is 1.94. The van der Waals surface area contributed by atoms with Gasteiger partial charge in [-0.3, -0.25) is 10.1 Å². The molecule has 0 fully saturated rings. The summed E-state index contributed by atoms with van der Waals surface area (Å²) in [5.74, 6) is 0.144. The maximum atomic E-state index is 10.8. The fraction of sp³-hybridized carbons (Fsp3) is 0.0909. The second-order valence-corrected chi connectivity index (χ2v) is 3.56. The molecule has 0 amide bonds. The zero-order chi connectivity index (χ0) is 12.4. The Balaban J connectivity index is 2.54. The Bertz CT molecular complexity index is 583. The van der Waals surface area contributed by atoms with Gasteiger partial charge in [0, 0.05) is 23.4 Å². The maximum Gasteiger partial charge on any atom is 0.272 e. The summed E-state index contributed by atoms with van der Waals surface area (Å²) in [6.45, 7) is 1.69. The van der Waals surface area contributed by atoms with Gasteiger partial charge in [-0.1, -0.05) is 12.1 Å². The standard InChI is InChI=1S/C11H10N4O2/c1-7-2-3-8(6-10(7)15(16)17)9-4-5-13-11(12)14-9/h2-6H,1H3,(H2,12,13,14). The van der Waals surface area contributed by atoms with Crippen LogP contribution in [0.5, 0.6) is 0 Å². The lowest BCUT2D eigenvalue weighted by molar-refractivity contribution is -0.385. The van der Waals surface area contributed by atoms with Gasteiger partial charge in [-0.2, -0.15) is 0 Å². The van der Waals surface area contributed by atoms with Gasteiger partial charge >= 0.3 is 0 Å². The van der Waals surface area contributed by atoms with Crippen LogP contribution in [0.15, 0.2) is 30.5 Å². The first-order valence-corrected chi connectivity index (χ1v) is 4.92. The molecular formula is C11H10N4O2. The number of rotatable bonds is 2. The van der Waals surface area contributed by atoms with E-state index in [2.05, 4.69) is 9.97 Å². The van der Waals surface area contributed by atoms with E-state index in [1.807, 2.05) is 0 Å². The Morgan fingerprint density at radius 1 is 1.35 bits per heavy atom. The van der Waals surface area contributed by atoms with Crippen LogP contribution in [0.4, 0.5) is 11.6 Å². The second kappa shape index (κ2) is 4.17. The van der Waals surface area contributed by atoms with E-state index in [9.17, 15) is 10.1 Å². The number of benzene rings is 1. The van der Waals surface area contributed by atoms with E-state index < -0.39 is 4.92 Å². The number of nitro groups is 1. The summed E-state index contributed by atoms with van der Waals surface area (Å²) in [4.78, 5) is 18.2. The van der Waals surface area contributed by atoms with Crippen LogP contribution in [0, 0.1) is 17.0 Å². The van der Waals surface area contributed by atoms with Gasteiger partial charge in [-0.25, -0.2) is 9.97 Å². The van der Waals surface area contributed by atoms with Crippen LogP contribution in [0.3, 0.4) is 0 Å². The molecule has 0 unspecified atom stereocenters. The number of nitrogens with two attached hydrogens (primary N) is 1. The molecule has 0 saturated carbocycles. The monoisotopic (exact) mass is 230 g/mol. The molecule has 1 aromatic carbocycles. The molecule has 0 atom stereocenters. The molecule has 0 radical (unpaired) electrons. The zero-order valence-corrected chi connectivity index (χ0v) is 9.12. The van der Waals surface area contributed by atoms with Crippen LogP contribution in [-0.2, 0) is 0 Å². The van der Waals surface area contributed by atoms with Crippen molar-refractivity contribution in [1.29, 1.82) is 0 Å². The highest BCUT2D eigenvalue weighted by Crippen LogP contribution is 2.25. The van der Waals surface area contributed by atoms with Crippen molar-refractivity contribution in [3.05, 3.63) is 46.1 Å². The zero-order valence-electron chi connectivity index (χ0n) is 9.12. The van der Waals surface area contributed by atoms with Gasteiger partial charge in [0.05, 0.1) is 10.6 Å². The number of nitrogen functional groups attached to an aromatic ring is 1. The SMILES string of the molecule is Cc1ccc(-c2ccnc(N)n2)cc1[N+](=O)[O-]. The van der Waals surface area contributed by atoms with Gasteiger partial charge < -0.3 is 5.73 Å². The molecule has 6 nitrogen and oxygen atoms in total. The van der Waals surface area contributed by atoms with Crippen molar-refractivity contribution in [2.45, 2.75) is 6.92 Å². The fourth-order valence-electron chi connectivity index (χ4n) is 1.50. The minimum Gasteiger partial charge on any atom is -0.368 e. The number of aryl methyl sites for hydroxylation is 1. The Labute approximate surface area is 97.3 Å². The molecule has 0 spiro atoms. The summed E-state index contributed by atoms with van der Waals surface area (Å²) in [5.41, 5.74) is 7.37. The highest BCUT2D eigenvalue weighted by Gasteiger charge is 2.12. The van der Waals surface area contributed by atoms with Crippen molar-refractivity contribution in [3.63, 3.8) is 0 Å². The van der Waals surface area contributed by atoms with Crippen molar-refractivity contribution in [1.82, 2.24) is 9.97 Å². The quantitative estimate of drug-likeness (QED) is 0.628. The van der Waals surface area contributed by atoms with Crippen LogP contribution in [0.25, 0.3) is 11.3 Å². The number of aromatic nitrogens is 2. The molecule has 0 aliphatic rings. The number of hydrogen-bond acceptors (Lipinski definition) is 5. The van der Waals surface area contributed by atoms with Crippen molar-refractivity contribution in [3.8, 4) is 11.3 Å². The molecule has 0 aliphatic carbocycles. The highest BCUT2D eigenvalue weighted by molar-refractivity contribution is 5.64. The Hall–Kier alpha value is -2.50. The van der Waals surface area contributed by atoms with E-state index >= 15 is 0 Å². The van der Waals surface area contributed by atoms with E-state index in [1.54, 1.807) is 25.1 Å². The maximum absolute atomic E-state index is 10.8. The number of nitro benzene ring substituents is 1. The van der Waals surface area contributed by atoms with Gasteiger partial charge in [-0.15, -0.1) is 0 Å². The lowest BCUT2D eigenvalue weighted by atomic mass is 10.1. The van der Waals surface area contributed by atoms with Crippen molar-refractivity contribution >= 4 is 11.6 Å². The summed E-state index contributed by atoms with van der Waals surface area (Å²) >= 11 is 0. The van der Waals surface area contributed by atoms with Gasteiger partial charge in [0.2, 0.25) is 5.95 Å². The van der Waals surface area contributed by atoms with Crippen molar-refractivity contribution < 1.29 is 4.92 Å². The average Bonchev–Trinajstić information content (AvgIpc) is 2.29.